The molecular weight excluding hydrogens is 280 g/mol. The molecule has 4 heteroatoms. The molecule has 0 spiro atoms. The Morgan fingerprint density at radius 3 is 3.00 bits per heavy atom. The van der Waals surface area contributed by atoms with Gasteiger partial charge >= 0.3 is 0 Å². The van der Waals surface area contributed by atoms with Gasteiger partial charge in [-0.25, -0.2) is 4.98 Å². The number of aromatic nitrogens is 1. The number of hydrogen-bond donors (Lipinski definition) is 2. The summed E-state index contributed by atoms with van der Waals surface area (Å²) < 4.78 is 0.970. The highest BCUT2D eigenvalue weighted by Gasteiger charge is 2.34. The highest BCUT2D eigenvalue weighted by Crippen LogP contribution is 2.34. The number of halogens is 1. The summed E-state index contributed by atoms with van der Waals surface area (Å²) in [6.45, 7) is 2.43. The van der Waals surface area contributed by atoms with Gasteiger partial charge in [0.2, 0.25) is 0 Å². The summed E-state index contributed by atoms with van der Waals surface area (Å²) in [5.74, 6) is 1.51. The molecule has 2 unspecified atom stereocenters. The highest BCUT2D eigenvalue weighted by molar-refractivity contribution is 9.10. The summed E-state index contributed by atoms with van der Waals surface area (Å²) in [6.07, 6.45) is 6.24. The molecule has 2 atom stereocenters. The van der Waals surface area contributed by atoms with Crippen LogP contribution in [0.5, 0.6) is 0 Å². The van der Waals surface area contributed by atoms with E-state index in [2.05, 4.69) is 33.2 Å². The molecule has 1 aliphatic rings. The van der Waals surface area contributed by atoms with Gasteiger partial charge in [-0.2, -0.15) is 0 Å². The Kier molecular flexibility index (Phi) is 4.05. The molecule has 2 N–H and O–H groups in total. The zero-order valence-electron chi connectivity index (χ0n) is 10.1. The normalized spacial score (nSPS) is 29.0. The van der Waals surface area contributed by atoms with Gasteiger partial charge in [0.15, 0.2) is 0 Å². The first-order valence-electron chi connectivity index (χ1n) is 6.14. The van der Waals surface area contributed by atoms with Crippen LogP contribution in [0.4, 0.5) is 5.82 Å². The minimum absolute atomic E-state index is 0.176. The van der Waals surface area contributed by atoms with Crippen molar-refractivity contribution < 1.29 is 5.11 Å². The van der Waals surface area contributed by atoms with E-state index in [1.165, 1.54) is 12.8 Å². The van der Waals surface area contributed by atoms with Crippen LogP contribution in [0, 0.1) is 5.92 Å². The van der Waals surface area contributed by atoms with Crippen molar-refractivity contribution in [2.75, 3.05) is 11.9 Å². The molecule has 0 aliphatic heterocycles. The van der Waals surface area contributed by atoms with Crippen LogP contribution in [0.2, 0.25) is 0 Å². The molecule has 1 aromatic heterocycles. The Morgan fingerprint density at radius 2 is 2.41 bits per heavy atom. The molecule has 2 rings (SSSR count). The van der Waals surface area contributed by atoms with E-state index < -0.39 is 0 Å². The molecule has 1 aromatic rings. The average molecular weight is 299 g/mol. The van der Waals surface area contributed by atoms with Crippen molar-refractivity contribution in [3.05, 3.63) is 22.8 Å². The molecule has 0 bridgehead atoms. The molecule has 0 radical (unpaired) electrons. The van der Waals surface area contributed by atoms with Gasteiger partial charge in [0, 0.05) is 10.7 Å². The van der Waals surface area contributed by atoms with Gasteiger partial charge in [0.1, 0.15) is 5.82 Å². The summed E-state index contributed by atoms with van der Waals surface area (Å²) in [6, 6.07) is 3.91. The van der Waals surface area contributed by atoms with E-state index in [4.69, 9.17) is 0 Å². The van der Waals surface area contributed by atoms with Crippen LogP contribution < -0.4 is 5.32 Å². The number of nitrogens with zero attached hydrogens (tertiary/aromatic N) is 1. The number of nitrogens with one attached hydrogen (secondary N) is 1. The summed E-state index contributed by atoms with van der Waals surface area (Å²) >= 11 is 3.37. The third-order valence-electron chi connectivity index (χ3n) is 3.51. The topological polar surface area (TPSA) is 45.1 Å². The fraction of sp³-hybridized carbons (Fsp3) is 0.615. The molecule has 1 fully saturated rings. The van der Waals surface area contributed by atoms with Crippen molar-refractivity contribution in [2.24, 2.45) is 5.92 Å². The van der Waals surface area contributed by atoms with Crippen LogP contribution >= 0.6 is 15.9 Å². The lowest BCUT2D eigenvalue weighted by Crippen LogP contribution is -2.46. The van der Waals surface area contributed by atoms with Crippen LogP contribution in [-0.2, 0) is 0 Å². The molecule has 1 aliphatic carbocycles. The average Bonchev–Trinajstić information content (AvgIpc) is 2.32. The zero-order chi connectivity index (χ0) is 12.3. The maximum atomic E-state index is 9.68. The Labute approximate surface area is 111 Å². The molecule has 0 saturated heterocycles. The third kappa shape index (κ3) is 3.19. The largest absolute Gasteiger partial charge is 0.394 e. The number of aliphatic hydroxyl groups is 1. The SMILES string of the molecule is CC1CCCC(CO)(Nc2ccc(Br)cn2)C1. The van der Waals surface area contributed by atoms with Crippen molar-refractivity contribution in [1.29, 1.82) is 0 Å². The van der Waals surface area contributed by atoms with Gasteiger partial charge in [-0.05, 0) is 46.8 Å². The van der Waals surface area contributed by atoms with Crippen molar-refractivity contribution >= 4 is 21.7 Å². The molecule has 3 nitrogen and oxygen atoms in total. The molecule has 17 heavy (non-hydrogen) atoms. The number of pyridine rings is 1. The predicted molar refractivity (Wildman–Crippen MR) is 73.0 cm³/mol. The second-order valence-corrected chi connectivity index (χ2v) is 6.04. The Morgan fingerprint density at radius 1 is 1.59 bits per heavy atom. The quantitative estimate of drug-likeness (QED) is 0.901. The van der Waals surface area contributed by atoms with Gasteiger partial charge in [-0.15, -0.1) is 0 Å². The summed E-state index contributed by atoms with van der Waals surface area (Å²) in [4.78, 5) is 4.32. The summed E-state index contributed by atoms with van der Waals surface area (Å²) in [7, 11) is 0. The Hall–Kier alpha value is -0.610. The monoisotopic (exact) mass is 298 g/mol. The van der Waals surface area contributed by atoms with E-state index in [-0.39, 0.29) is 12.1 Å². The second kappa shape index (κ2) is 5.36. The van der Waals surface area contributed by atoms with Gasteiger partial charge in [0.05, 0.1) is 12.1 Å². The predicted octanol–water partition coefficient (Wildman–Crippen LogP) is 3.20. The van der Waals surface area contributed by atoms with Crippen LogP contribution in [0.15, 0.2) is 22.8 Å². The van der Waals surface area contributed by atoms with Crippen molar-refractivity contribution in [1.82, 2.24) is 4.98 Å². The molecule has 1 heterocycles. The first-order chi connectivity index (χ1) is 8.13. The molecular formula is C13H19BrN2O. The van der Waals surface area contributed by atoms with Crippen LogP contribution in [0.1, 0.15) is 32.6 Å². The zero-order valence-corrected chi connectivity index (χ0v) is 11.7. The minimum atomic E-state index is -0.182. The lowest BCUT2D eigenvalue weighted by Gasteiger charge is -2.39. The molecule has 94 valence electrons. The third-order valence-corrected chi connectivity index (χ3v) is 3.98. The lowest BCUT2D eigenvalue weighted by molar-refractivity contribution is 0.149. The maximum absolute atomic E-state index is 9.68. The van der Waals surface area contributed by atoms with Gasteiger partial charge in [-0.3, -0.25) is 0 Å². The maximum Gasteiger partial charge on any atom is 0.126 e. The molecule has 0 amide bonds. The summed E-state index contributed by atoms with van der Waals surface area (Å²) in [5.41, 5.74) is -0.182. The van der Waals surface area contributed by atoms with E-state index in [1.807, 2.05) is 12.1 Å². The van der Waals surface area contributed by atoms with Gasteiger partial charge < -0.3 is 10.4 Å². The first-order valence-corrected chi connectivity index (χ1v) is 6.93. The van der Waals surface area contributed by atoms with Crippen LogP contribution in [0.3, 0.4) is 0 Å². The van der Waals surface area contributed by atoms with E-state index in [0.717, 1.165) is 23.1 Å². The van der Waals surface area contributed by atoms with Crippen molar-refractivity contribution in [3.8, 4) is 0 Å². The van der Waals surface area contributed by atoms with Gasteiger partial charge in [-0.1, -0.05) is 19.8 Å². The number of aliphatic hydroxyl groups excluding tert-OH is 1. The van der Waals surface area contributed by atoms with E-state index >= 15 is 0 Å². The second-order valence-electron chi connectivity index (χ2n) is 5.13. The van der Waals surface area contributed by atoms with E-state index in [0.29, 0.717) is 5.92 Å². The fourth-order valence-electron chi connectivity index (χ4n) is 2.68. The molecule has 0 aromatic carbocycles. The van der Waals surface area contributed by atoms with Crippen molar-refractivity contribution in [3.63, 3.8) is 0 Å². The fourth-order valence-corrected chi connectivity index (χ4v) is 2.91. The Balaban J connectivity index is 2.10. The number of rotatable bonds is 3. The summed E-state index contributed by atoms with van der Waals surface area (Å²) in [5, 5.41) is 13.1. The van der Waals surface area contributed by atoms with E-state index in [1.54, 1.807) is 6.20 Å². The van der Waals surface area contributed by atoms with Crippen molar-refractivity contribution in [2.45, 2.75) is 38.1 Å². The Bertz CT molecular complexity index is 368. The highest BCUT2D eigenvalue weighted by atomic mass is 79.9. The van der Waals surface area contributed by atoms with Gasteiger partial charge in [0.25, 0.3) is 0 Å². The standard InChI is InChI=1S/C13H19BrN2O/c1-10-3-2-6-13(7-10,9-17)16-12-5-4-11(14)8-15-12/h4-5,8,10,17H,2-3,6-7,9H2,1H3,(H,15,16). The van der Waals surface area contributed by atoms with Crippen LogP contribution in [-0.4, -0.2) is 22.2 Å². The van der Waals surface area contributed by atoms with Crippen LogP contribution in [0.25, 0.3) is 0 Å². The van der Waals surface area contributed by atoms with E-state index in [9.17, 15) is 5.11 Å². The lowest BCUT2D eigenvalue weighted by atomic mass is 9.77. The smallest absolute Gasteiger partial charge is 0.126 e. The molecule has 1 saturated carbocycles. The minimum Gasteiger partial charge on any atom is -0.394 e. The number of anilines is 1. The number of hydrogen-bond acceptors (Lipinski definition) is 3. The first kappa shape index (κ1) is 12.8.